The average Bonchev–Trinajstić information content (AvgIpc) is 3.11. The van der Waals surface area contributed by atoms with Crippen LogP contribution in [0.25, 0.3) is 0 Å². The van der Waals surface area contributed by atoms with E-state index in [9.17, 15) is 14.7 Å². The van der Waals surface area contributed by atoms with E-state index in [2.05, 4.69) is 10.3 Å². The summed E-state index contributed by atoms with van der Waals surface area (Å²) in [7, 11) is 0. The molecule has 34 heavy (non-hydrogen) atoms. The lowest BCUT2D eigenvalue weighted by Crippen LogP contribution is -2.37. The van der Waals surface area contributed by atoms with Crippen molar-refractivity contribution < 1.29 is 34.1 Å². The van der Waals surface area contributed by atoms with E-state index in [1.807, 2.05) is 18.2 Å². The number of para-hydroxylation sites is 1. The third-order valence-electron chi connectivity index (χ3n) is 4.76. The first kappa shape index (κ1) is 24.5. The van der Waals surface area contributed by atoms with E-state index < -0.39 is 17.5 Å². The minimum atomic E-state index is -1.63. The Labute approximate surface area is 196 Å². The molecule has 0 saturated heterocycles. The van der Waals surface area contributed by atoms with Crippen molar-refractivity contribution in [3.8, 4) is 11.6 Å². The van der Waals surface area contributed by atoms with Crippen LogP contribution in [0.5, 0.6) is 11.6 Å². The van der Waals surface area contributed by atoms with Crippen molar-refractivity contribution in [2.24, 2.45) is 5.16 Å². The van der Waals surface area contributed by atoms with Crippen molar-refractivity contribution in [3.05, 3.63) is 77.0 Å². The lowest BCUT2D eigenvalue weighted by molar-refractivity contribution is -0.155. The number of aliphatic carboxylic acids is 1. The molecule has 10 heteroatoms. The van der Waals surface area contributed by atoms with Gasteiger partial charge in [-0.3, -0.25) is 0 Å². The summed E-state index contributed by atoms with van der Waals surface area (Å²) in [5.74, 6) is -1.07. The number of carbonyl (C=O) groups is 2. The first-order valence-electron chi connectivity index (χ1n) is 10.3. The number of esters is 1. The van der Waals surface area contributed by atoms with Gasteiger partial charge < -0.3 is 24.5 Å². The van der Waals surface area contributed by atoms with E-state index in [4.69, 9.17) is 19.4 Å². The van der Waals surface area contributed by atoms with Gasteiger partial charge in [-0.2, -0.15) is 5.10 Å². The summed E-state index contributed by atoms with van der Waals surface area (Å²) in [4.78, 5) is 28.6. The van der Waals surface area contributed by atoms with E-state index >= 15 is 0 Å². The number of oxime groups is 1. The summed E-state index contributed by atoms with van der Waals surface area (Å²) in [6, 6.07) is 15.4. The van der Waals surface area contributed by atoms with E-state index in [1.54, 1.807) is 31.2 Å². The number of benzene rings is 2. The summed E-state index contributed by atoms with van der Waals surface area (Å²) in [5.41, 5.74) is 0.473. The number of aliphatic hydroxyl groups excluding tert-OH is 1. The Bertz CT molecular complexity index is 1170. The number of hydrogen-bond donors (Lipinski definition) is 2. The highest BCUT2D eigenvalue weighted by molar-refractivity contribution is 5.92. The van der Waals surface area contributed by atoms with Crippen molar-refractivity contribution >= 4 is 18.2 Å². The Morgan fingerprint density at radius 2 is 1.79 bits per heavy atom. The van der Waals surface area contributed by atoms with Crippen molar-refractivity contribution in [1.82, 2.24) is 9.78 Å². The quantitative estimate of drug-likeness (QED) is 0.263. The van der Waals surface area contributed by atoms with E-state index in [0.29, 0.717) is 22.9 Å². The number of nitrogens with zero attached hydrogens (tertiary/aromatic N) is 3. The second-order valence-corrected chi connectivity index (χ2v) is 7.77. The highest BCUT2D eigenvalue weighted by atomic mass is 16.6. The normalized spacial score (nSPS) is 11.4. The number of carbonyl (C=O) groups excluding carboxylic acids is 1. The predicted octanol–water partition coefficient (Wildman–Crippen LogP) is 3.50. The maximum absolute atomic E-state index is 12.1. The summed E-state index contributed by atoms with van der Waals surface area (Å²) in [5, 5.41) is 26.9. The third-order valence-corrected chi connectivity index (χ3v) is 4.76. The van der Waals surface area contributed by atoms with Gasteiger partial charge in [-0.25, -0.2) is 14.3 Å². The van der Waals surface area contributed by atoms with Gasteiger partial charge in [-0.1, -0.05) is 35.5 Å². The highest BCUT2D eigenvalue weighted by Crippen LogP contribution is 2.26. The van der Waals surface area contributed by atoms with Gasteiger partial charge in [0.15, 0.2) is 0 Å². The number of aryl methyl sites for hydroxylation is 1. The van der Waals surface area contributed by atoms with Gasteiger partial charge in [0.05, 0.1) is 23.0 Å². The number of carboxylic acids is 1. The lowest BCUT2D eigenvalue weighted by Gasteiger charge is -2.19. The smallest absolute Gasteiger partial charge is 0.347 e. The summed E-state index contributed by atoms with van der Waals surface area (Å²) >= 11 is 0. The predicted molar refractivity (Wildman–Crippen MR) is 122 cm³/mol. The average molecular weight is 467 g/mol. The van der Waals surface area contributed by atoms with Gasteiger partial charge >= 0.3 is 11.9 Å². The van der Waals surface area contributed by atoms with Crippen LogP contribution in [0.4, 0.5) is 0 Å². The third kappa shape index (κ3) is 5.99. The molecule has 10 nitrogen and oxygen atoms in total. The molecule has 178 valence electrons. The fraction of sp³-hybridized carbons (Fsp3) is 0.250. The fourth-order valence-corrected chi connectivity index (χ4v) is 2.80. The summed E-state index contributed by atoms with van der Waals surface area (Å²) in [6.45, 7) is 4.12. The molecule has 0 aliphatic heterocycles. The zero-order valence-electron chi connectivity index (χ0n) is 19.0. The molecule has 3 rings (SSSR count). The molecule has 2 N–H and O–H groups in total. The van der Waals surface area contributed by atoms with Crippen molar-refractivity contribution in [1.29, 1.82) is 0 Å². The van der Waals surface area contributed by atoms with Crippen molar-refractivity contribution in [3.63, 3.8) is 0 Å². The molecule has 0 spiro atoms. The van der Waals surface area contributed by atoms with Crippen LogP contribution in [0.15, 0.2) is 59.8 Å². The van der Waals surface area contributed by atoms with Gasteiger partial charge in [-0.15, -0.1) is 0 Å². The molecule has 0 bridgehead atoms. The van der Waals surface area contributed by atoms with Crippen LogP contribution < -0.4 is 4.74 Å². The Morgan fingerprint density at radius 1 is 1.12 bits per heavy atom. The minimum absolute atomic E-state index is 0.120. The molecule has 0 aliphatic carbocycles. The van der Waals surface area contributed by atoms with Crippen LogP contribution >= 0.6 is 0 Å². The summed E-state index contributed by atoms with van der Waals surface area (Å²) in [6.07, 6.45) is 1.45. The second kappa shape index (κ2) is 10.6. The first-order chi connectivity index (χ1) is 16.2. The van der Waals surface area contributed by atoms with Crippen LogP contribution in [0, 0.1) is 6.92 Å². The standard InChI is InChI=1S/C24H25N3O7/c1-16-20(21(27(15-28)26-16)33-19-7-5-4-6-8-19)13-25-32-14-17-9-11-18(12-10-17)22(29)34-24(2,3)23(30)31/h4-13,28H,14-15H2,1-3H3,(H,30,31)/b25-13+. The van der Waals surface area contributed by atoms with Crippen LogP contribution in [0.2, 0.25) is 0 Å². The molecule has 0 unspecified atom stereocenters. The van der Waals surface area contributed by atoms with E-state index in [0.717, 1.165) is 5.56 Å². The van der Waals surface area contributed by atoms with Gasteiger partial charge in [0.25, 0.3) is 0 Å². The van der Waals surface area contributed by atoms with Crippen molar-refractivity contribution in [2.45, 2.75) is 39.7 Å². The van der Waals surface area contributed by atoms with Gasteiger partial charge in [0.2, 0.25) is 11.5 Å². The SMILES string of the molecule is Cc1nn(CO)c(Oc2ccccc2)c1/C=N/OCc1ccc(C(=O)OC(C)(C)C(=O)O)cc1. The van der Waals surface area contributed by atoms with E-state index in [1.165, 1.54) is 36.9 Å². The number of rotatable bonds is 10. The van der Waals surface area contributed by atoms with Gasteiger partial charge in [0, 0.05) is 0 Å². The van der Waals surface area contributed by atoms with Crippen molar-refractivity contribution in [2.75, 3.05) is 0 Å². The molecular weight excluding hydrogens is 442 g/mol. The van der Waals surface area contributed by atoms with Crippen LogP contribution in [0.3, 0.4) is 0 Å². The molecule has 1 aromatic heterocycles. The highest BCUT2D eigenvalue weighted by Gasteiger charge is 2.32. The van der Waals surface area contributed by atoms with Gasteiger partial charge in [0.1, 0.15) is 19.1 Å². The molecule has 0 radical (unpaired) electrons. The molecule has 0 saturated carbocycles. The zero-order chi connectivity index (χ0) is 24.7. The molecule has 0 atom stereocenters. The number of carboxylic acid groups (broad SMARTS) is 1. The monoisotopic (exact) mass is 467 g/mol. The largest absolute Gasteiger partial charge is 0.478 e. The zero-order valence-corrected chi connectivity index (χ0v) is 19.0. The molecular formula is C24H25N3O7. The number of aliphatic hydroxyl groups is 1. The van der Waals surface area contributed by atoms with Crippen LogP contribution in [0.1, 0.15) is 41.0 Å². The lowest BCUT2D eigenvalue weighted by atomic mass is 10.1. The Kier molecular flexibility index (Phi) is 7.64. The molecule has 3 aromatic rings. The molecule has 0 amide bonds. The first-order valence-corrected chi connectivity index (χ1v) is 10.3. The second-order valence-electron chi connectivity index (χ2n) is 7.77. The van der Waals surface area contributed by atoms with Crippen LogP contribution in [-0.4, -0.2) is 43.7 Å². The van der Waals surface area contributed by atoms with Crippen LogP contribution in [-0.2, 0) is 27.7 Å². The Morgan fingerprint density at radius 3 is 2.41 bits per heavy atom. The Hall–Kier alpha value is -4.18. The Balaban J connectivity index is 1.63. The minimum Gasteiger partial charge on any atom is -0.478 e. The molecule has 2 aromatic carbocycles. The molecule has 0 aliphatic rings. The summed E-state index contributed by atoms with van der Waals surface area (Å²) < 4.78 is 12.2. The fourth-order valence-electron chi connectivity index (χ4n) is 2.80. The number of hydrogen-bond acceptors (Lipinski definition) is 8. The number of aromatic nitrogens is 2. The maximum atomic E-state index is 12.1. The molecule has 0 fully saturated rings. The maximum Gasteiger partial charge on any atom is 0.347 e. The van der Waals surface area contributed by atoms with Gasteiger partial charge in [-0.05, 0) is 50.6 Å². The topological polar surface area (TPSA) is 132 Å². The molecule has 1 heterocycles. The number of ether oxygens (including phenoxy) is 2. The van der Waals surface area contributed by atoms with E-state index in [-0.39, 0.29) is 18.9 Å².